The molecule has 51 heavy (non-hydrogen) atoms. The molecule has 8 aromatic carbocycles. The van der Waals surface area contributed by atoms with Gasteiger partial charge < -0.3 is 4.90 Å². The van der Waals surface area contributed by atoms with Crippen LogP contribution in [0.1, 0.15) is 0 Å². The highest BCUT2D eigenvalue weighted by Crippen LogP contribution is 2.40. The van der Waals surface area contributed by atoms with Gasteiger partial charge in [-0.3, -0.25) is 8.97 Å². The standard InChI is InChI=1S/C47H32N4/c1-4-12-33(13-5-1)35-20-24-40(25-21-35)49(41-26-22-36(23-27-41)34-14-6-2-7-15-34)42-28-29-44-46(32-42)51-45-31-38-17-11-10-16-37(38)30-43(45)48-47(51)50(44)39-18-8-3-9-19-39/h1-32H. The second kappa shape index (κ2) is 11.9. The van der Waals surface area contributed by atoms with E-state index < -0.39 is 0 Å². The van der Waals surface area contributed by atoms with Crippen molar-refractivity contribution < 1.29 is 0 Å². The van der Waals surface area contributed by atoms with Gasteiger partial charge in [0, 0.05) is 22.7 Å². The summed E-state index contributed by atoms with van der Waals surface area (Å²) in [6.07, 6.45) is 0. The maximum absolute atomic E-state index is 5.26. The van der Waals surface area contributed by atoms with Gasteiger partial charge in [0.1, 0.15) is 0 Å². The monoisotopic (exact) mass is 652 g/mol. The molecule has 4 heteroatoms. The Balaban J connectivity index is 1.20. The van der Waals surface area contributed by atoms with Crippen LogP contribution in [0, 0.1) is 0 Å². The zero-order chi connectivity index (χ0) is 33.7. The van der Waals surface area contributed by atoms with Crippen molar-refractivity contribution in [2.24, 2.45) is 0 Å². The summed E-state index contributed by atoms with van der Waals surface area (Å²) < 4.78 is 4.60. The van der Waals surface area contributed by atoms with Gasteiger partial charge in [-0.15, -0.1) is 0 Å². The summed E-state index contributed by atoms with van der Waals surface area (Å²) in [7, 11) is 0. The minimum absolute atomic E-state index is 0.893. The molecule has 0 aliphatic rings. The van der Waals surface area contributed by atoms with Crippen molar-refractivity contribution in [3.8, 4) is 27.9 Å². The third kappa shape index (κ3) is 4.96. The number of fused-ring (bicyclic) bond motifs is 6. The molecule has 0 atom stereocenters. The molecule has 0 bridgehead atoms. The Morgan fingerprint density at radius 2 is 0.863 bits per heavy atom. The SMILES string of the molecule is c1ccc(-c2ccc(N(c3ccc(-c4ccccc4)cc3)c3ccc4c(c3)n3c5cc6ccccc6cc5nc3n4-c3ccccc3)cc2)cc1. The lowest BCUT2D eigenvalue weighted by Crippen LogP contribution is -2.10. The maximum Gasteiger partial charge on any atom is 0.220 e. The van der Waals surface area contributed by atoms with Crippen LogP contribution in [-0.2, 0) is 0 Å². The van der Waals surface area contributed by atoms with E-state index in [1.807, 2.05) is 0 Å². The fraction of sp³-hybridized carbons (Fsp3) is 0. The van der Waals surface area contributed by atoms with Crippen LogP contribution in [0.3, 0.4) is 0 Å². The third-order valence-corrected chi connectivity index (χ3v) is 9.88. The molecule has 0 saturated carbocycles. The van der Waals surface area contributed by atoms with Crippen LogP contribution in [0.15, 0.2) is 194 Å². The number of rotatable bonds is 6. The van der Waals surface area contributed by atoms with Gasteiger partial charge in [0.05, 0.1) is 22.1 Å². The largest absolute Gasteiger partial charge is 0.310 e. The van der Waals surface area contributed by atoms with Gasteiger partial charge in [0.25, 0.3) is 0 Å². The minimum Gasteiger partial charge on any atom is -0.310 e. The van der Waals surface area contributed by atoms with Crippen molar-refractivity contribution in [3.63, 3.8) is 0 Å². The first-order chi connectivity index (χ1) is 25.3. The van der Waals surface area contributed by atoms with E-state index in [-0.39, 0.29) is 0 Å². The summed E-state index contributed by atoms with van der Waals surface area (Å²) in [4.78, 5) is 7.61. The molecule has 4 nitrogen and oxygen atoms in total. The van der Waals surface area contributed by atoms with Crippen molar-refractivity contribution in [2.75, 3.05) is 4.90 Å². The Kier molecular flexibility index (Phi) is 6.78. The lowest BCUT2D eigenvalue weighted by atomic mass is 10.0. The maximum atomic E-state index is 5.26. The predicted octanol–water partition coefficient (Wildman–Crippen LogP) is 12.4. The molecule has 0 fully saturated rings. The molecule has 0 spiro atoms. The van der Waals surface area contributed by atoms with Crippen molar-refractivity contribution in [3.05, 3.63) is 194 Å². The molecule has 0 saturated heterocycles. The first kappa shape index (κ1) is 29.0. The van der Waals surface area contributed by atoms with Crippen molar-refractivity contribution in [2.45, 2.75) is 0 Å². The van der Waals surface area contributed by atoms with E-state index in [0.29, 0.717) is 0 Å². The van der Waals surface area contributed by atoms with Crippen molar-refractivity contribution in [1.82, 2.24) is 14.0 Å². The first-order valence-electron chi connectivity index (χ1n) is 17.3. The van der Waals surface area contributed by atoms with Crippen LogP contribution in [-0.4, -0.2) is 14.0 Å². The van der Waals surface area contributed by atoms with Gasteiger partial charge >= 0.3 is 0 Å². The molecule has 0 aliphatic carbocycles. The molecule has 2 heterocycles. The van der Waals surface area contributed by atoms with Crippen molar-refractivity contribution >= 4 is 55.7 Å². The molecule has 2 aromatic heterocycles. The van der Waals surface area contributed by atoms with Crippen LogP contribution < -0.4 is 4.90 Å². The summed E-state index contributed by atoms with van der Waals surface area (Å²) in [6, 6.07) is 69.2. The van der Waals surface area contributed by atoms with E-state index >= 15 is 0 Å². The zero-order valence-corrected chi connectivity index (χ0v) is 27.8. The zero-order valence-electron chi connectivity index (χ0n) is 27.8. The van der Waals surface area contributed by atoms with Crippen LogP contribution in [0.4, 0.5) is 17.1 Å². The Bertz CT molecular complexity index is 2730. The summed E-state index contributed by atoms with van der Waals surface area (Å²) >= 11 is 0. The van der Waals surface area contributed by atoms with E-state index in [1.165, 1.54) is 33.0 Å². The minimum atomic E-state index is 0.893. The molecular formula is C47H32N4. The molecular weight excluding hydrogens is 621 g/mol. The highest BCUT2D eigenvalue weighted by molar-refractivity contribution is 6.01. The summed E-state index contributed by atoms with van der Waals surface area (Å²) in [5, 5.41) is 2.38. The van der Waals surface area contributed by atoms with E-state index in [1.54, 1.807) is 0 Å². The number of para-hydroxylation sites is 1. The molecule has 10 aromatic rings. The molecule has 10 rings (SSSR count). The van der Waals surface area contributed by atoms with Gasteiger partial charge in [-0.2, -0.15) is 0 Å². The van der Waals surface area contributed by atoms with E-state index in [2.05, 4.69) is 208 Å². The van der Waals surface area contributed by atoms with Crippen LogP contribution in [0.5, 0.6) is 0 Å². The smallest absolute Gasteiger partial charge is 0.220 e. The number of benzene rings is 8. The fourth-order valence-corrected chi connectivity index (χ4v) is 7.41. The molecule has 0 amide bonds. The number of imidazole rings is 2. The summed E-state index contributed by atoms with van der Waals surface area (Å²) in [5.74, 6) is 0.893. The second-order valence-corrected chi connectivity index (χ2v) is 12.9. The molecule has 0 unspecified atom stereocenters. The van der Waals surface area contributed by atoms with Crippen LogP contribution in [0.2, 0.25) is 0 Å². The number of hydrogen-bond acceptors (Lipinski definition) is 2. The average Bonchev–Trinajstić information content (AvgIpc) is 3.72. The van der Waals surface area contributed by atoms with Crippen LogP contribution >= 0.6 is 0 Å². The van der Waals surface area contributed by atoms with Crippen molar-refractivity contribution in [1.29, 1.82) is 0 Å². The number of nitrogens with zero attached hydrogens (tertiary/aromatic N) is 4. The summed E-state index contributed by atoms with van der Waals surface area (Å²) in [6.45, 7) is 0. The Morgan fingerprint density at radius 3 is 1.45 bits per heavy atom. The molecule has 0 aliphatic heterocycles. The fourth-order valence-electron chi connectivity index (χ4n) is 7.41. The summed E-state index contributed by atoms with van der Waals surface area (Å²) in [5.41, 5.74) is 13.4. The van der Waals surface area contributed by atoms with Crippen LogP contribution in [0.25, 0.3) is 66.6 Å². The number of anilines is 3. The van der Waals surface area contributed by atoms with Gasteiger partial charge in [0.2, 0.25) is 5.78 Å². The van der Waals surface area contributed by atoms with E-state index in [9.17, 15) is 0 Å². The molecule has 0 N–H and O–H groups in total. The van der Waals surface area contributed by atoms with Gasteiger partial charge in [-0.1, -0.05) is 127 Å². The predicted molar refractivity (Wildman–Crippen MR) is 213 cm³/mol. The Labute approximate surface area is 295 Å². The Morgan fingerprint density at radius 1 is 0.373 bits per heavy atom. The number of hydrogen-bond donors (Lipinski definition) is 0. The lowest BCUT2D eigenvalue weighted by Gasteiger charge is -2.26. The average molecular weight is 653 g/mol. The lowest BCUT2D eigenvalue weighted by molar-refractivity contribution is 1.11. The normalized spacial score (nSPS) is 11.5. The van der Waals surface area contributed by atoms with Gasteiger partial charge in [-0.25, -0.2) is 4.98 Å². The topological polar surface area (TPSA) is 25.5 Å². The van der Waals surface area contributed by atoms with E-state index in [4.69, 9.17) is 4.98 Å². The first-order valence-corrected chi connectivity index (χ1v) is 17.3. The van der Waals surface area contributed by atoms with Gasteiger partial charge in [-0.05, 0) is 99.8 Å². The molecule has 0 radical (unpaired) electrons. The quantitative estimate of drug-likeness (QED) is 0.179. The van der Waals surface area contributed by atoms with E-state index in [0.717, 1.165) is 50.6 Å². The third-order valence-electron chi connectivity index (χ3n) is 9.88. The molecule has 240 valence electrons. The highest BCUT2D eigenvalue weighted by Gasteiger charge is 2.21. The number of aromatic nitrogens is 3. The highest BCUT2D eigenvalue weighted by atomic mass is 15.2. The second-order valence-electron chi connectivity index (χ2n) is 12.9. The van der Waals surface area contributed by atoms with Gasteiger partial charge in [0.15, 0.2) is 0 Å². The Hall–Kier alpha value is -6.91.